The van der Waals surface area contributed by atoms with Gasteiger partial charge in [-0.3, -0.25) is 4.79 Å². The van der Waals surface area contributed by atoms with Crippen LogP contribution in [0.3, 0.4) is 0 Å². The van der Waals surface area contributed by atoms with E-state index in [1.807, 2.05) is 4.90 Å². The number of carbonyl (C=O) groups is 1. The predicted molar refractivity (Wildman–Crippen MR) is 80.1 cm³/mol. The lowest BCUT2D eigenvalue weighted by molar-refractivity contribution is 0.0611. The Bertz CT molecular complexity index is 475. The number of aromatic amines is 1. The topological polar surface area (TPSA) is 48.1 Å². The standard InChI is InChI=1S/C15H22ClN3O/c1-2-5-19(15(20)14-6-10(16)9-17-14)13-7-11-3-4-12(8-13)18-11/h6,9,11-13,17-18H,2-5,7-8H2,1H3. The Labute approximate surface area is 124 Å². The molecule has 2 bridgehead atoms. The number of piperidine rings is 1. The minimum absolute atomic E-state index is 0.0880. The van der Waals surface area contributed by atoms with Gasteiger partial charge in [-0.05, 0) is 38.2 Å². The molecule has 0 spiro atoms. The molecule has 3 rings (SSSR count). The number of hydrogen-bond acceptors (Lipinski definition) is 2. The number of hydrogen-bond donors (Lipinski definition) is 2. The molecule has 4 nitrogen and oxygen atoms in total. The highest BCUT2D eigenvalue weighted by atomic mass is 35.5. The van der Waals surface area contributed by atoms with Crippen LogP contribution in [0.25, 0.3) is 0 Å². The van der Waals surface area contributed by atoms with E-state index in [0.29, 0.717) is 28.8 Å². The van der Waals surface area contributed by atoms with Crippen LogP contribution < -0.4 is 5.32 Å². The van der Waals surface area contributed by atoms with E-state index in [9.17, 15) is 4.79 Å². The highest BCUT2D eigenvalue weighted by Crippen LogP contribution is 2.30. The Balaban J connectivity index is 1.76. The van der Waals surface area contributed by atoms with Crippen molar-refractivity contribution in [1.29, 1.82) is 0 Å². The van der Waals surface area contributed by atoms with E-state index in [1.54, 1.807) is 12.3 Å². The van der Waals surface area contributed by atoms with Gasteiger partial charge in [-0.15, -0.1) is 0 Å². The van der Waals surface area contributed by atoms with Gasteiger partial charge in [0.2, 0.25) is 0 Å². The molecule has 0 aliphatic carbocycles. The highest BCUT2D eigenvalue weighted by molar-refractivity contribution is 6.30. The first-order valence-electron chi connectivity index (χ1n) is 7.58. The maximum absolute atomic E-state index is 12.7. The van der Waals surface area contributed by atoms with Gasteiger partial charge >= 0.3 is 0 Å². The summed E-state index contributed by atoms with van der Waals surface area (Å²) in [5, 5.41) is 4.23. The Morgan fingerprint density at radius 1 is 1.40 bits per heavy atom. The first-order chi connectivity index (χ1) is 9.67. The summed E-state index contributed by atoms with van der Waals surface area (Å²) in [4.78, 5) is 17.7. The second kappa shape index (κ2) is 5.78. The fourth-order valence-corrected chi connectivity index (χ4v) is 3.78. The van der Waals surface area contributed by atoms with Crippen molar-refractivity contribution in [3.8, 4) is 0 Å². The van der Waals surface area contributed by atoms with Crippen molar-refractivity contribution in [3.05, 3.63) is 23.0 Å². The number of H-pyrrole nitrogens is 1. The van der Waals surface area contributed by atoms with Gasteiger partial charge in [0.05, 0.1) is 5.02 Å². The maximum Gasteiger partial charge on any atom is 0.270 e. The third-order valence-electron chi connectivity index (χ3n) is 4.49. The number of amides is 1. The van der Waals surface area contributed by atoms with Crippen LogP contribution in [-0.2, 0) is 0 Å². The lowest BCUT2D eigenvalue weighted by atomic mass is 9.97. The number of nitrogens with one attached hydrogen (secondary N) is 2. The van der Waals surface area contributed by atoms with Gasteiger partial charge in [0.25, 0.3) is 5.91 Å². The maximum atomic E-state index is 12.7. The summed E-state index contributed by atoms with van der Waals surface area (Å²) >= 11 is 5.92. The molecular formula is C15H22ClN3O. The molecule has 0 saturated carbocycles. The van der Waals surface area contributed by atoms with E-state index in [1.165, 1.54) is 12.8 Å². The van der Waals surface area contributed by atoms with E-state index in [-0.39, 0.29) is 5.91 Å². The van der Waals surface area contributed by atoms with E-state index >= 15 is 0 Å². The quantitative estimate of drug-likeness (QED) is 0.897. The second-order valence-electron chi connectivity index (χ2n) is 5.99. The smallest absolute Gasteiger partial charge is 0.270 e. The number of aromatic nitrogens is 1. The fourth-order valence-electron chi connectivity index (χ4n) is 3.62. The molecule has 2 unspecified atom stereocenters. The number of rotatable bonds is 4. The van der Waals surface area contributed by atoms with Gasteiger partial charge in [0.15, 0.2) is 0 Å². The largest absolute Gasteiger partial charge is 0.356 e. The molecule has 2 N–H and O–H groups in total. The monoisotopic (exact) mass is 295 g/mol. The molecule has 0 radical (unpaired) electrons. The van der Waals surface area contributed by atoms with Crippen molar-refractivity contribution >= 4 is 17.5 Å². The summed E-state index contributed by atoms with van der Waals surface area (Å²) in [6, 6.07) is 3.28. The molecule has 5 heteroatoms. The van der Waals surface area contributed by atoms with E-state index in [0.717, 1.165) is 25.8 Å². The van der Waals surface area contributed by atoms with Crippen LogP contribution in [-0.4, -0.2) is 40.5 Å². The molecule has 1 amide bonds. The van der Waals surface area contributed by atoms with Gasteiger partial charge in [0.1, 0.15) is 5.69 Å². The van der Waals surface area contributed by atoms with Crippen molar-refractivity contribution in [3.63, 3.8) is 0 Å². The van der Waals surface area contributed by atoms with Gasteiger partial charge in [-0.2, -0.15) is 0 Å². The molecule has 2 saturated heterocycles. The Kier molecular flexibility index (Phi) is 4.03. The normalized spacial score (nSPS) is 28.6. The Hall–Kier alpha value is -1.00. The zero-order valence-electron chi connectivity index (χ0n) is 11.9. The minimum Gasteiger partial charge on any atom is -0.356 e. The molecule has 0 aromatic carbocycles. The molecular weight excluding hydrogens is 274 g/mol. The lowest BCUT2D eigenvalue weighted by Gasteiger charge is -2.37. The summed E-state index contributed by atoms with van der Waals surface area (Å²) in [6.45, 7) is 2.94. The molecule has 1 aromatic rings. The third-order valence-corrected chi connectivity index (χ3v) is 4.71. The van der Waals surface area contributed by atoms with Crippen LogP contribution in [0.4, 0.5) is 0 Å². The summed E-state index contributed by atoms with van der Waals surface area (Å²) in [6.07, 6.45) is 7.32. The fraction of sp³-hybridized carbons (Fsp3) is 0.667. The van der Waals surface area contributed by atoms with Gasteiger partial charge in [-0.25, -0.2) is 0 Å². The van der Waals surface area contributed by atoms with E-state index in [2.05, 4.69) is 17.2 Å². The summed E-state index contributed by atoms with van der Waals surface area (Å²) in [7, 11) is 0. The predicted octanol–water partition coefficient (Wildman–Crippen LogP) is 2.80. The van der Waals surface area contributed by atoms with Crippen molar-refractivity contribution < 1.29 is 4.79 Å². The Morgan fingerprint density at radius 3 is 2.65 bits per heavy atom. The van der Waals surface area contributed by atoms with Crippen molar-refractivity contribution in [1.82, 2.24) is 15.2 Å². The first kappa shape index (κ1) is 14.0. The first-order valence-corrected chi connectivity index (χ1v) is 7.96. The number of nitrogens with zero attached hydrogens (tertiary/aromatic N) is 1. The number of carbonyl (C=O) groups excluding carboxylic acids is 1. The van der Waals surface area contributed by atoms with Crippen LogP contribution in [0.15, 0.2) is 12.3 Å². The second-order valence-corrected chi connectivity index (χ2v) is 6.43. The van der Waals surface area contributed by atoms with Gasteiger partial charge in [-0.1, -0.05) is 18.5 Å². The van der Waals surface area contributed by atoms with Crippen LogP contribution in [0.2, 0.25) is 5.02 Å². The van der Waals surface area contributed by atoms with Crippen molar-refractivity contribution in [2.24, 2.45) is 0 Å². The zero-order valence-corrected chi connectivity index (χ0v) is 12.6. The van der Waals surface area contributed by atoms with Crippen molar-refractivity contribution in [2.45, 2.75) is 57.2 Å². The molecule has 20 heavy (non-hydrogen) atoms. The minimum atomic E-state index is 0.0880. The van der Waals surface area contributed by atoms with E-state index in [4.69, 9.17) is 11.6 Å². The molecule has 2 fully saturated rings. The number of halogens is 1. The van der Waals surface area contributed by atoms with Crippen LogP contribution in [0, 0.1) is 0 Å². The van der Waals surface area contributed by atoms with Crippen LogP contribution in [0.5, 0.6) is 0 Å². The average Bonchev–Trinajstić information content (AvgIpc) is 3.01. The average molecular weight is 296 g/mol. The zero-order chi connectivity index (χ0) is 14.1. The Morgan fingerprint density at radius 2 is 2.10 bits per heavy atom. The molecule has 1 aromatic heterocycles. The van der Waals surface area contributed by atoms with Gasteiger partial charge in [0, 0.05) is 30.9 Å². The SMILES string of the molecule is CCCN(C(=O)c1cc(Cl)c[nH]1)C1CC2CCC(C1)N2. The van der Waals surface area contributed by atoms with Gasteiger partial charge < -0.3 is 15.2 Å². The van der Waals surface area contributed by atoms with Crippen LogP contribution in [0.1, 0.15) is 49.5 Å². The highest BCUT2D eigenvalue weighted by Gasteiger charge is 2.37. The van der Waals surface area contributed by atoms with E-state index < -0.39 is 0 Å². The molecule has 2 atom stereocenters. The number of fused-ring (bicyclic) bond motifs is 2. The lowest BCUT2D eigenvalue weighted by Crippen LogP contribution is -2.50. The third kappa shape index (κ3) is 2.72. The van der Waals surface area contributed by atoms with Crippen LogP contribution >= 0.6 is 11.6 Å². The van der Waals surface area contributed by atoms with Crippen molar-refractivity contribution in [2.75, 3.05) is 6.54 Å². The molecule has 3 heterocycles. The summed E-state index contributed by atoms with van der Waals surface area (Å²) < 4.78 is 0. The molecule has 2 aliphatic rings. The molecule has 110 valence electrons. The summed E-state index contributed by atoms with van der Waals surface area (Å²) in [5.41, 5.74) is 0.606. The molecule has 2 aliphatic heterocycles. The summed E-state index contributed by atoms with van der Waals surface area (Å²) in [5.74, 6) is 0.0880.